The quantitative estimate of drug-likeness (QED) is 0.0737. The van der Waals surface area contributed by atoms with Crippen LogP contribution in [0, 0.1) is 0 Å². The summed E-state index contributed by atoms with van der Waals surface area (Å²) in [6.45, 7) is 0. The molecule has 5 rings (SSSR count). The average molecular weight is 664 g/mol. The van der Waals surface area contributed by atoms with Crippen molar-refractivity contribution in [3.63, 3.8) is 0 Å². The zero-order valence-electron chi connectivity index (χ0n) is 24.0. The molecule has 45 heavy (non-hydrogen) atoms. The first kappa shape index (κ1) is 32.3. The van der Waals surface area contributed by atoms with E-state index in [2.05, 4.69) is 20.8 Å². The van der Waals surface area contributed by atoms with Crippen LogP contribution in [0.3, 0.4) is 0 Å². The third kappa shape index (κ3) is 7.25. The van der Waals surface area contributed by atoms with Gasteiger partial charge in [0.2, 0.25) is 7.85 Å². The summed E-state index contributed by atoms with van der Waals surface area (Å²) in [4.78, 5) is 63.0. The van der Waals surface area contributed by atoms with E-state index in [1.165, 1.54) is 40.9 Å². The fourth-order valence-corrected chi connectivity index (χ4v) is 7.63. The van der Waals surface area contributed by atoms with E-state index in [9.17, 15) is 19.2 Å². The molecule has 2 N–H and O–H groups in total. The number of β-lactam (4-membered cyclic amide) rings is 1. The van der Waals surface area contributed by atoms with Gasteiger partial charge in [0, 0.05) is 23.1 Å². The Kier molecular flexibility index (Phi) is 10.6. The van der Waals surface area contributed by atoms with E-state index >= 15 is 0 Å². The van der Waals surface area contributed by atoms with Crippen molar-refractivity contribution < 1.29 is 33.5 Å². The second-order valence-corrected chi connectivity index (χ2v) is 12.4. The number of carbonyl (C=O) groups excluding carboxylic acids is 4. The second kappa shape index (κ2) is 14.8. The molecule has 2 aliphatic heterocycles. The van der Waals surface area contributed by atoms with Gasteiger partial charge < -0.3 is 24.9 Å². The largest absolute Gasteiger partial charge is 0.448 e. The number of thiazole rings is 1. The molecule has 2 atom stereocenters. The average Bonchev–Trinajstić information content (AvgIpc) is 3.51. The van der Waals surface area contributed by atoms with Crippen LogP contribution in [0.2, 0.25) is 0 Å². The maximum absolute atomic E-state index is 13.9. The van der Waals surface area contributed by atoms with Crippen molar-refractivity contribution in [1.82, 2.24) is 15.2 Å². The number of oxime groups is 1. The molecule has 0 unspecified atom stereocenters. The predicted molar refractivity (Wildman–Crippen MR) is 173 cm³/mol. The van der Waals surface area contributed by atoms with Crippen molar-refractivity contribution in [3.8, 4) is 0 Å². The molecule has 2 radical (unpaired) electrons. The van der Waals surface area contributed by atoms with Crippen molar-refractivity contribution in [2.45, 2.75) is 17.5 Å². The lowest BCUT2D eigenvalue weighted by Gasteiger charge is -2.49. The number of hydrogen-bond donors (Lipinski definition) is 2. The molecular formula is C29H26BN5O7S3. The van der Waals surface area contributed by atoms with Crippen LogP contribution in [0.25, 0.3) is 0 Å². The normalized spacial score (nSPS) is 17.8. The molecule has 12 nitrogen and oxygen atoms in total. The van der Waals surface area contributed by atoms with Crippen LogP contribution in [0.4, 0.5) is 9.93 Å². The van der Waals surface area contributed by atoms with Gasteiger partial charge in [0.05, 0.1) is 5.94 Å². The third-order valence-electron chi connectivity index (χ3n) is 6.57. The van der Waals surface area contributed by atoms with Gasteiger partial charge in [-0.15, -0.1) is 23.1 Å². The van der Waals surface area contributed by atoms with Crippen molar-refractivity contribution >= 4 is 77.1 Å². The highest BCUT2D eigenvalue weighted by Gasteiger charge is 2.55. The monoisotopic (exact) mass is 663 g/mol. The number of nitrogens with zero attached hydrogens (tertiary/aromatic N) is 3. The van der Waals surface area contributed by atoms with E-state index in [0.717, 1.165) is 22.5 Å². The topological polar surface area (TPSA) is 149 Å². The Balaban J connectivity index is 1.38. The molecule has 0 saturated carbocycles. The summed E-state index contributed by atoms with van der Waals surface area (Å²) in [5.74, 6) is -2.07. The lowest BCUT2D eigenvalue weighted by molar-refractivity contribution is -0.154. The van der Waals surface area contributed by atoms with Crippen molar-refractivity contribution in [2.75, 3.05) is 31.2 Å². The minimum Gasteiger partial charge on any atom is -0.448 e. The molecule has 3 aromatic rings. The molecule has 2 aromatic carbocycles. The number of methoxy groups -OCH3 is 1. The molecular weight excluding hydrogens is 637 g/mol. The molecule has 2 aliphatic rings. The van der Waals surface area contributed by atoms with E-state index in [-0.39, 0.29) is 28.2 Å². The summed E-state index contributed by atoms with van der Waals surface area (Å²) >= 11 is 3.72. The first-order valence-electron chi connectivity index (χ1n) is 13.4. The summed E-state index contributed by atoms with van der Waals surface area (Å²) in [7, 11) is 7.95. The Morgan fingerprint density at radius 2 is 1.78 bits per heavy atom. The molecule has 3 heterocycles. The SMILES string of the molecule is [B]C(=O)Nc1nc(C(=NOC)C(=O)N[C@@H]2C(=O)N3C(C(=O)OC(c4ccccc4)c4ccccc4)=C(SCOC)CS[C@H]23)cs1. The van der Waals surface area contributed by atoms with E-state index in [0.29, 0.717) is 10.7 Å². The zero-order valence-corrected chi connectivity index (χ0v) is 26.4. The highest BCUT2D eigenvalue weighted by atomic mass is 32.2. The number of aromatic nitrogens is 1. The standard InChI is InChI=1S/C29H26BN5O7S3/c1-40-15-45-19-14-43-26-21(32-24(36)20(34-41-2)18-13-44-29(31-18)33-28(30)39)25(37)35(26)22(19)27(38)42-23(16-9-5-3-6-10-16)17-11-7-4-8-12-17/h3-13,21,23,26H,14-15H2,1-2H3,(H,32,36)(H,31,33,39)/t21-,26-/m1/s1. The van der Waals surface area contributed by atoms with Gasteiger partial charge in [0.25, 0.3) is 11.8 Å². The Bertz CT molecular complexity index is 1600. The Labute approximate surface area is 272 Å². The highest BCUT2D eigenvalue weighted by molar-refractivity contribution is 8.06. The Hall–Kier alpha value is -4.12. The minimum absolute atomic E-state index is 0.110. The zero-order chi connectivity index (χ0) is 31.9. The van der Waals surface area contributed by atoms with Crippen molar-refractivity contribution in [2.24, 2.45) is 5.16 Å². The number of benzene rings is 2. The van der Waals surface area contributed by atoms with Crippen LogP contribution in [0.15, 0.2) is 81.8 Å². The molecule has 1 saturated heterocycles. The van der Waals surface area contributed by atoms with Crippen molar-refractivity contribution in [1.29, 1.82) is 0 Å². The number of ether oxygens (including phenoxy) is 2. The second-order valence-electron chi connectivity index (χ2n) is 9.44. The van der Waals surface area contributed by atoms with Crippen LogP contribution in [0.5, 0.6) is 0 Å². The van der Waals surface area contributed by atoms with Crippen LogP contribution in [0.1, 0.15) is 22.9 Å². The molecule has 230 valence electrons. The van der Waals surface area contributed by atoms with Gasteiger partial charge in [-0.2, -0.15) is 0 Å². The number of nitrogens with one attached hydrogen (secondary N) is 2. The van der Waals surface area contributed by atoms with E-state index in [1.807, 2.05) is 60.7 Å². The van der Waals surface area contributed by atoms with Crippen LogP contribution in [-0.2, 0) is 28.7 Å². The lowest BCUT2D eigenvalue weighted by Crippen LogP contribution is -2.71. The van der Waals surface area contributed by atoms with Crippen LogP contribution >= 0.6 is 34.9 Å². The number of rotatable bonds is 12. The van der Waals surface area contributed by atoms with Gasteiger partial charge >= 0.3 is 5.97 Å². The third-order valence-corrected chi connectivity index (χ3v) is 9.83. The van der Waals surface area contributed by atoms with Crippen molar-refractivity contribution in [3.05, 3.63) is 93.5 Å². The first-order valence-corrected chi connectivity index (χ1v) is 16.3. The fourth-order valence-electron chi connectivity index (χ4n) is 4.62. The molecule has 0 bridgehead atoms. The number of fused-ring (bicyclic) bond motifs is 1. The number of amides is 3. The van der Waals surface area contributed by atoms with Gasteiger partial charge in [0.1, 0.15) is 29.9 Å². The summed E-state index contributed by atoms with van der Waals surface area (Å²) in [5, 5.41) is 9.85. The van der Waals surface area contributed by atoms with Gasteiger partial charge in [-0.1, -0.05) is 77.6 Å². The molecule has 1 fully saturated rings. The molecule has 16 heteroatoms. The summed E-state index contributed by atoms with van der Waals surface area (Å²) < 4.78 is 11.4. The first-order chi connectivity index (χ1) is 21.8. The van der Waals surface area contributed by atoms with Gasteiger partial charge in [-0.25, -0.2) is 9.78 Å². The summed E-state index contributed by atoms with van der Waals surface area (Å²) in [5.41, 5.74) is 1.55. The van der Waals surface area contributed by atoms with Gasteiger partial charge in [-0.05, 0) is 11.1 Å². The summed E-state index contributed by atoms with van der Waals surface area (Å²) in [6, 6.07) is 17.7. The Morgan fingerprint density at radius 1 is 1.11 bits per heavy atom. The highest BCUT2D eigenvalue weighted by Crippen LogP contribution is 2.44. The molecule has 3 amide bonds. The maximum atomic E-state index is 13.9. The number of carbonyl (C=O) groups is 4. The number of anilines is 1. The van der Waals surface area contributed by atoms with Crippen LogP contribution in [-0.4, -0.2) is 84.4 Å². The maximum Gasteiger partial charge on any atom is 0.356 e. The predicted octanol–water partition coefficient (Wildman–Crippen LogP) is 3.48. The molecule has 1 aromatic heterocycles. The van der Waals surface area contributed by atoms with Gasteiger partial charge in [-0.3, -0.25) is 19.3 Å². The molecule has 0 aliphatic carbocycles. The summed E-state index contributed by atoms with van der Waals surface area (Å²) in [6.07, 6.45) is -0.721. The fraction of sp³-hybridized carbons (Fsp3) is 0.241. The number of hydrogen-bond acceptors (Lipinski definition) is 12. The number of thioether (sulfide) groups is 2. The number of esters is 1. The smallest absolute Gasteiger partial charge is 0.356 e. The lowest BCUT2D eigenvalue weighted by atomic mass is 10.0. The van der Waals surface area contributed by atoms with Gasteiger partial charge in [0.15, 0.2) is 22.8 Å². The van der Waals surface area contributed by atoms with E-state index < -0.39 is 41.1 Å². The Morgan fingerprint density at radius 3 is 2.38 bits per heavy atom. The minimum atomic E-state index is -0.970. The van der Waals surface area contributed by atoms with E-state index in [4.69, 9.17) is 22.2 Å². The van der Waals surface area contributed by atoms with Crippen LogP contribution < -0.4 is 10.6 Å². The molecule has 0 spiro atoms. The van der Waals surface area contributed by atoms with E-state index in [1.54, 1.807) is 7.11 Å².